The van der Waals surface area contributed by atoms with Gasteiger partial charge in [0.1, 0.15) is 0 Å². The van der Waals surface area contributed by atoms with E-state index in [-0.39, 0.29) is 18.9 Å². The summed E-state index contributed by atoms with van der Waals surface area (Å²) in [5.41, 5.74) is 1.16. The van der Waals surface area contributed by atoms with Gasteiger partial charge < -0.3 is 23.8 Å². The summed E-state index contributed by atoms with van der Waals surface area (Å²) < 4.78 is 22.0. The van der Waals surface area contributed by atoms with E-state index in [0.29, 0.717) is 52.9 Å². The van der Waals surface area contributed by atoms with Crippen LogP contribution in [0.15, 0.2) is 24.3 Å². The normalized spacial score (nSPS) is 19.5. The molecule has 5 nitrogen and oxygen atoms in total. The van der Waals surface area contributed by atoms with Gasteiger partial charge in [-0.1, -0.05) is 5.69 Å². The topological polar surface area (TPSA) is 40.2 Å². The first kappa shape index (κ1) is 19.5. The van der Waals surface area contributed by atoms with Gasteiger partial charge in [0.2, 0.25) is 0 Å². The summed E-state index contributed by atoms with van der Waals surface area (Å²) >= 11 is 0. The third-order valence-corrected chi connectivity index (χ3v) is 3.19. The van der Waals surface area contributed by atoms with Crippen LogP contribution >= 0.6 is 0 Å². The van der Waals surface area contributed by atoms with E-state index in [1.54, 1.807) is 0 Å². The van der Waals surface area contributed by atoms with Gasteiger partial charge in [0.15, 0.2) is 0 Å². The van der Waals surface area contributed by atoms with Crippen molar-refractivity contribution < 1.29 is 37.8 Å². The van der Waals surface area contributed by atoms with Gasteiger partial charge in [0.05, 0.1) is 52.9 Å². The van der Waals surface area contributed by atoms with Gasteiger partial charge in [-0.25, -0.2) is 0 Å². The molecule has 1 saturated heterocycles. The minimum absolute atomic E-state index is 0. The van der Waals surface area contributed by atoms with Gasteiger partial charge in [-0.15, -0.1) is 12.1 Å². The van der Waals surface area contributed by atoms with Crippen LogP contribution in [0.25, 0.3) is 0 Å². The minimum atomic E-state index is 0. The van der Waals surface area contributed by atoms with Crippen molar-refractivity contribution in [3.8, 4) is 0 Å². The largest absolute Gasteiger partial charge is 1.00 e. The molecule has 0 aliphatic carbocycles. The van der Waals surface area contributed by atoms with Crippen LogP contribution in [0.3, 0.4) is 0 Å². The number of hydrogen-bond acceptors (Lipinski definition) is 5. The quantitative estimate of drug-likeness (QED) is 0.460. The first-order valence-corrected chi connectivity index (χ1v) is 7.49. The predicted molar refractivity (Wildman–Crippen MR) is 80.8 cm³/mol. The molecule has 22 heavy (non-hydrogen) atoms. The first-order chi connectivity index (χ1) is 10.5. The molecule has 1 heterocycles. The summed E-state index contributed by atoms with van der Waals surface area (Å²) in [6.45, 7) is 6.71. The predicted octanol–water partition coefficient (Wildman–Crippen LogP) is -1.62. The van der Waals surface area contributed by atoms with Crippen LogP contribution in [0.4, 0.5) is 5.69 Å². The molecule has 1 fully saturated rings. The average Bonchev–Trinajstić information content (AvgIpc) is 2.54. The summed E-state index contributed by atoms with van der Waals surface area (Å²) in [5.74, 6) is 0. The number of benzene rings is 1. The first-order valence-electron chi connectivity index (χ1n) is 7.49. The van der Waals surface area contributed by atoms with E-state index in [9.17, 15) is 0 Å². The molecule has 0 saturated carbocycles. The van der Waals surface area contributed by atoms with Gasteiger partial charge in [0, 0.05) is 13.1 Å². The van der Waals surface area contributed by atoms with Gasteiger partial charge in [-0.2, -0.15) is 18.2 Å². The molecule has 0 atom stereocenters. The molecule has 0 aromatic heterocycles. The maximum Gasteiger partial charge on any atom is 1.00 e. The Balaban J connectivity index is 0.00000242. The molecule has 118 valence electrons. The molecule has 6 heteroatoms. The molecule has 0 radical (unpaired) electrons. The Labute approximate surface area is 145 Å². The summed E-state index contributed by atoms with van der Waals surface area (Å²) in [7, 11) is 0. The van der Waals surface area contributed by atoms with Crippen LogP contribution in [0.5, 0.6) is 0 Å². The molecule has 0 amide bonds. The fourth-order valence-electron chi connectivity index (χ4n) is 2.07. The average molecular weight is 301 g/mol. The number of anilines is 1. The van der Waals surface area contributed by atoms with E-state index < -0.39 is 0 Å². The van der Waals surface area contributed by atoms with E-state index in [2.05, 4.69) is 23.1 Å². The van der Waals surface area contributed by atoms with Gasteiger partial charge in [-0.05, 0) is 0 Å². The van der Waals surface area contributed by atoms with Gasteiger partial charge in [0.25, 0.3) is 0 Å². The van der Waals surface area contributed by atoms with Crippen molar-refractivity contribution in [1.82, 2.24) is 0 Å². The SMILES string of the molecule is [Li+].[c-]1ccc(N2CCOCCOCCOCCOCC2)cc1. The van der Waals surface area contributed by atoms with E-state index in [1.165, 1.54) is 0 Å². The second-order valence-electron chi connectivity index (χ2n) is 4.69. The zero-order valence-corrected chi connectivity index (χ0v) is 13.5. The Morgan fingerprint density at radius 1 is 0.682 bits per heavy atom. The van der Waals surface area contributed by atoms with Crippen molar-refractivity contribution in [1.29, 1.82) is 0 Å². The van der Waals surface area contributed by atoms with Crippen molar-refractivity contribution in [3.05, 3.63) is 30.3 Å². The third kappa shape index (κ3) is 8.19. The molecular formula is C16H24LiNO4. The molecule has 1 aromatic rings. The standard InChI is InChI=1S/C16H24NO4.Li/c1-2-4-16(5-3-1)17-6-8-18-10-12-20-14-15-21-13-11-19-9-7-17;/h2-5H,6-15H2;/q-1;+1. The summed E-state index contributed by atoms with van der Waals surface area (Å²) in [4.78, 5) is 2.26. The van der Waals surface area contributed by atoms with Crippen LogP contribution in [-0.2, 0) is 18.9 Å². The Bertz CT molecular complexity index is 350. The molecule has 0 unspecified atom stereocenters. The van der Waals surface area contributed by atoms with Gasteiger partial charge in [-0.3, -0.25) is 0 Å². The van der Waals surface area contributed by atoms with E-state index in [0.717, 1.165) is 18.8 Å². The number of rotatable bonds is 1. The van der Waals surface area contributed by atoms with Crippen LogP contribution < -0.4 is 23.8 Å². The number of hydrogen-bond donors (Lipinski definition) is 0. The zero-order chi connectivity index (χ0) is 14.6. The Kier molecular flexibility index (Phi) is 11.5. The molecule has 1 aliphatic rings. The minimum Gasteiger partial charge on any atom is -0.389 e. The molecule has 0 N–H and O–H groups in total. The van der Waals surface area contributed by atoms with Crippen molar-refractivity contribution in [3.63, 3.8) is 0 Å². The van der Waals surface area contributed by atoms with Crippen molar-refractivity contribution in [2.24, 2.45) is 0 Å². The molecule has 1 aromatic carbocycles. The second kappa shape index (κ2) is 12.9. The van der Waals surface area contributed by atoms with Crippen LogP contribution in [0.2, 0.25) is 0 Å². The van der Waals surface area contributed by atoms with Crippen LogP contribution in [0, 0.1) is 6.07 Å². The summed E-state index contributed by atoms with van der Waals surface area (Å²) in [5, 5.41) is 0. The maximum absolute atomic E-state index is 5.61. The maximum atomic E-state index is 5.61. The fourth-order valence-corrected chi connectivity index (χ4v) is 2.07. The Morgan fingerprint density at radius 2 is 1.09 bits per heavy atom. The van der Waals surface area contributed by atoms with Crippen molar-refractivity contribution >= 4 is 5.69 Å². The number of nitrogens with zero attached hydrogens (tertiary/aromatic N) is 1. The summed E-state index contributed by atoms with van der Waals surface area (Å²) in [6, 6.07) is 11.0. The molecule has 2 rings (SSSR count). The van der Waals surface area contributed by atoms with Crippen LogP contribution in [0.1, 0.15) is 0 Å². The summed E-state index contributed by atoms with van der Waals surface area (Å²) in [6.07, 6.45) is 0. The number of ether oxygens (including phenoxy) is 4. The van der Waals surface area contributed by atoms with Gasteiger partial charge >= 0.3 is 18.9 Å². The smallest absolute Gasteiger partial charge is 0.389 e. The molecule has 0 spiro atoms. The monoisotopic (exact) mass is 301 g/mol. The van der Waals surface area contributed by atoms with E-state index in [1.807, 2.05) is 12.1 Å². The van der Waals surface area contributed by atoms with E-state index >= 15 is 0 Å². The van der Waals surface area contributed by atoms with E-state index in [4.69, 9.17) is 18.9 Å². The van der Waals surface area contributed by atoms with Crippen molar-refractivity contribution in [2.45, 2.75) is 0 Å². The van der Waals surface area contributed by atoms with Crippen LogP contribution in [-0.4, -0.2) is 65.9 Å². The Morgan fingerprint density at radius 3 is 1.55 bits per heavy atom. The zero-order valence-electron chi connectivity index (χ0n) is 13.5. The molecular weight excluding hydrogens is 277 g/mol. The molecule has 1 aliphatic heterocycles. The van der Waals surface area contributed by atoms with Crippen molar-refractivity contribution in [2.75, 3.05) is 70.8 Å². The Hall–Kier alpha value is -0.543. The fraction of sp³-hybridized carbons (Fsp3) is 0.625. The third-order valence-electron chi connectivity index (χ3n) is 3.19. The second-order valence-corrected chi connectivity index (χ2v) is 4.69. The molecule has 0 bridgehead atoms.